The average Bonchev–Trinajstić information content (AvgIpc) is 3.22. The Balaban J connectivity index is 1.84. The third-order valence-corrected chi connectivity index (χ3v) is 13.8. The summed E-state index contributed by atoms with van der Waals surface area (Å²) in [6.07, 6.45) is -3.82. The molecule has 0 saturated carbocycles. The van der Waals surface area contributed by atoms with Gasteiger partial charge in [-0.3, -0.25) is 4.79 Å². The lowest BCUT2D eigenvalue weighted by molar-refractivity contribution is -0.335. The standard InChI is InChI=1S/C44H78ClN5O12/c1-14-16-47-23-44(55)29(8)58-33(19-42(44,10)56-13)60-34-26(5)37(62-39-35(31(46-12)17-25(4)57-39)61-40-49-21-30(45)22-50-40)41(9,53)18-24(3)20-48-28(7)36(51)43(11,54)32(15-2)59-38(52)27(34)6/h21-22,24-29,31-37,39,46-48,51,53-55H,14-20,23H2,1-13H3/t24-,25-,26+,27-,28-,29+,31+,32-,33+,34+,35-,36-,37-,39+,41-,42-,43-,44+/m1/s1. The number of aromatic nitrogens is 2. The minimum atomic E-state index is -1.83. The van der Waals surface area contributed by atoms with Crippen LogP contribution in [0, 0.1) is 17.8 Å². The number of hydrogen-bond donors (Lipinski definition) is 7. The van der Waals surface area contributed by atoms with Gasteiger partial charge >= 0.3 is 12.0 Å². The highest BCUT2D eigenvalue weighted by molar-refractivity contribution is 6.30. The first-order valence-electron chi connectivity index (χ1n) is 22.5. The molecule has 7 N–H and O–H groups in total. The fourth-order valence-electron chi connectivity index (χ4n) is 9.61. The molecule has 1 aromatic rings. The van der Waals surface area contributed by atoms with Crippen LogP contribution in [0.2, 0.25) is 5.02 Å². The van der Waals surface area contributed by atoms with Crippen molar-refractivity contribution in [2.45, 2.75) is 198 Å². The Kier molecular flexibility index (Phi) is 18.8. The minimum Gasteiger partial charge on any atom is -0.459 e. The summed E-state index contributed by atoms with van der Waals surface area (Å²) < 4.78 is 45.5. The van der Waals surface area contributed by atoms with Gasteiger partial charge in [0.1, 0.15) is 29.0 Å². The maximum Gasteiger partial charge on any atom is 0.316 e. The number of hydrogen-bond acceptors (Lipinski definition) is 17. The molecule has 0 aliphatic carbocycles. The normalized spacial score (nSPS) is 44.2. The highest BCUT2D eigenvalue weighted by Crippen LogP contribution is 2.43. The number of aliphatic hydroxyl groups excluding tert-OH is 1. The van der Waals surface area contributed by atoms with Gasteiger partial charge in [-0.15, -0.1) is 0 Å². The van der Waals surface area contributed by atoms with Gasteiger partial charge in [-0.1, -0.05) is 39.3 Å². The van der Waals surface area contributed by atoms with Crippen LogP contribution in [-0.4, -0.2) is 160 Å². The Morgan fingerprint density at radius 2 is 1.65 bits per heavy atom. The van der Waals surface area contributed by atoms with E-state index in [-0.39, 0.29) is 49.9 Å². The van der Waals surface area contributed by atoms with E-state index in [1.165, 1.54) is 26.4 Å². The van der Waals surface area contributed by atoms with Crippen molar-refractivity contribution in [1.82, 2.24) is 25.9 Å². The van der Waals surface area contributed by atoms with Crippen LogP contribution in [-0.2, 0) is 33.2 Å². The number of ether oxygens (including phenoxy) is 7. The Hall–Kier alpha value is -1.84. The molecule has 0 unspecified atom stereocenters. The molecule has 0 amide bonds. The number of carbonyl (C=O) groups excluding carboxylic acids is 1. The maximum absolute atomic E-state index is 14.5. The summed E-state index contributed by atoms with van der Waals surface area (Å²) in [4.78, 5) is 23.0. The highest BCUT2D eigenvalue weighted by Gasteiger charge is 2.58. The number of carbonyl (C=O) groups is 1. The van der Waals surface area contributed by atoms with Gasteiger partial charge in [0, 0.05) is 32.0 Å². The number of esters is 1. The van der Waals surface area contributed by atoms with Gasteiger partial charge in [-0.05, 0) is 100 Å². The molecule has 0 spiro atoms. The number of nitrogens with one attached hydrogen (secondary N) is 3. The second kappa shape index (κ2) is 22.1. The topological polar surface area (TPSA) is 224 Å². The highest BCUT2D eigenvalue weighted by atomic mass is 35.5. The van der Waals surface area contributed by atoms with Crippen LogP contribution >= 0.6 is 11.6 Å². The van der Waals surface area contributed by atoms with Crippen LogP contribution in [0.15, 0.2) is 12.4 Å². The largest absolute Gasteiger partial charge is 0.459 e. The van der Waals surface area contributed by atoms with E-state index >= 15 is 0 Å². The molecule has 4 heterocycles. The molecule has 3 aliphatic heterocycles. The van der Waals surface area contributed by atoms with Crippen molar-refractivity contribution in [2.24, 2.45) is 17.8 Å². The number of nitrogens with zero attached hydrogens (tertiary/aromatic N) is 2. The van der Waals surface area contributed by atoms with Gasteiger partial charge in [0.15, 0.2) is 18.7 Å². The predicted octanol–water partition coefficient (Wildman–Crippen LogP) is 3.12. The Morgan fingerprint density at radius 1 is 0.984 bits per heavy atom. The van der Waals surface area contributed by atoms with Gasteiger partial charge in [-0.2, -0.15) is 0 Å². The molecule has 4 rings (SSSR count). The lowest BCUT2D eigenvalue weighted by Gasteiger charge is -2.53. The smallest absolute Gasteiger partial charge is 0.316 e. The molecule has 62 heavy (non-hydrogen) atoms. The molecule has 0 aromatic carbocycles. The maximum atomic E-state index is 14.5. The van der Waals surface area contributed by atoms with E-state index in [1.54, 1.807) is 34.6 Å². The van der Waals surface area contributed by atoms with Gasteiger partial charge in [0.05, 0.1) is 59.4 Å². The van der Waals surface area contributed by atoms with Crippen molar-refractivity contribution in [1.29, 1.82) is 0 Å². The van der Waals surface area contributed by atoms with E-state index in [2.05, 4.69) is 25.9 Å². The van der Waals surface area contributed by atoms with E-state index in [4.69, 9.17) is 44.8 Å². The van der Waals surface area contributed by atoms with Crippen LogP contribution in [0.4, 0.5) is 0 Å². The van der Waals surface area contributed by atoms with E-state index < -0.39 is 95.5 Å². The molecule has 0 bridgehead atoms. The number of cyclic esters (lactones) is 1. The molecule has 18 atom stereocenters. The average molecular weight is 905 g/mol. The third kappa shape index (κ3) is 12.1. The van der Waals surface area contributed by atoms with Gasteiger partial charge < -0.3 is 69.5 Å². The molecule has 17 nitrogen and oxygen atoms in total. The zero-order valence-corrected chi connectivity index (χ0v) is 40.0. The van der Waals surface area contributed by atoms with Crippen LogP contribution in [0.1, 0.15) is 108 Å². The predicted molar refractivity (Wildman–Crippen MR) is 232 cm³/mol. The molecule has 3 fully saturated rings. The second-order valence-corrected chi connectivity index (χ2v) is 19.3. The summed E-state index contributed by atoms with van der Waals surface area (Å²) in [6.45, 7) is 20.9. The molecule has 3 saturated heterocycles. The SMILES string of the molecule is CCCNC[C@]1(O)[C@H](C)O[C@@H](O[C@H]2[C@H](C)[C@@H](O[C@@H]3O[C@H](C)C[C@H](NC)[C@H]3Oc3ncc(Cl)cn3)[C@](C)(O)C[C@@H](C)CN[C@H](C)[C@@H](O)[C@](C)(O)[C@@H](CC)OC(=O)[C@@H]2C)C[C@@]1(C)OC. The van der Waals surface area contributed by atoms with Crippen LogP contribution < -0.4 is 20.7 Å². The van der Waals surface area contributed by atoms with Crippen molar-refractivity contribution in [3.05, 3.63) is 17.4 Å². The molecular formula is C44H78ClN5O12. The summed E-state index contributed by atoms with van der Waals surface area (Å²) in [5.41, 5.74) is -6.06. The first kappa shape index (κ1) is 52.8. The Labute approximate surface area is 374 Å². The molecule has 1 aromatic heterocycles. The Morgan fingerprint density at radius 3 is 2.24 bits per heavy atom. The third-order valence-electron chi connectivity index (χ3n) is 13.6. The summed E-state index contributed by atoms with van der Waals surface area (Å²) >= 11 is 6.10. The van der Waals surface area contributed by atoms with Crippen molar-refractivity contribution in [3.63, 3.8) is 0 Å². The van der Waals surface area contributed by atoms with Crippen molar-refractivity contribution in [3.8, 4) is 6.01 Å². The lowest BCUT2D eigenvalue weighted by Crippen LogP contribution is -2.70. The number of likely N-dealkylation sites (N-methyl/N-ethyl adjacent to an activating group) is 1. The monoisotopic (exact) mass is 904 g/mol. The van der Waals surface area contributed by atoms with E-state index in [0.717, 1.165) is 6.42 Å². The number of aliphatic hydroxyl groups is 4. The fourth-order valence-corrected chi connectivity index (χ4v) is 9.71. The number of rotatable bonds is 13. The van der Waals surface area contributed by atoms with Gasteiger partial charge in [0.2, 0.25) is 0 Å². The molecular weight excluding hydrogens is 826 g/mol. The minimum absolute atomic E-state index is 0.0536. The van der Waals surface area contributed by atoms with E-state index in [0.29, 0.717) is 24.5 Å². The second-order valence-electron chi connectivity index (χ2n) is 18.8. The van der Waals surface area contributed by atoms with Crippen molar-refractivity contribution >= 4 is 17.6 Å². The summed E-state index contributed by atoms with van der Waals surface area (Å²) in [5.74, 6) is -2.76. The van der Waals surface area contributed by atoms with Gasteiger partial charge in [0.25, 0.3) is 0 Å². The first-order chi connectivity index (χ1) is 29.0. The quantitative estimate of drug-likeness (QED) is 0.112. The van der Waals surface area contributed by atoms with E-state index in [1.807, 2.05) is 41.7 Å². The molecule has 0 radical (unpaired) electrons. The summed E-state index contributed by atoms with van der Waals surface area (Å²) in [5, 5.41) is 58.4. The lowest BCUT2D eigenvalue weighted by atomic mass is 9.75. The molecule has 358 valence electrons. The first-order valence-corrected chi connectivity index (χ1v) is 22.8. The molecule has 18 heteroatoms. The fraction of sp³-hybridized carbons (Fsp3) is 0.886. The van der Waals surface area contributed by atoms with E-state index in [9.17, 15) is 25.2 Å². The number of methoxy groups -OCH3 is 1. The summed E-state index contributed by atoms with van der Waals surface area (Å²) in [6, 6.07) is -0.858. The van der Waals surface area contributed by atoms with Gasteiger partial charge in [-0.25, -0.2) is 9.97 Å². The van der Waals surface area contributed by atoms with Crippen LogP contribution in [0.25, 0.3) is 0 Å². The summed E-state index contributed by atoms with van der Waals surface area (Å²) in [7, 11) is 3.35. The van der Waals surface area contributed by atoms with Crippen LogP contribution in [0.3, 0.4) is 0 Å². The van der Waals surface area contributed by atoms with Crippen molar-refractivity contribution in [2.75, 3.05) is 33.8 Å². The molecule has 3 aliphatic rings. The van der Waals surface area contributed by atoms with Crippen molar-refractivity contribution < 1.29 is 58.4 Å². The number of halogens is 1. The zero-order chi connectivity index (χ0) is 46.4. The van der Waals surface area contributed by atoms with Crippen LogP contribution in [0.5, 0.6) is 6.01 Å². The Bertz CT molecular complexity index is 1550. The zero-order valence-electron chi connectivity index (χ0n) is 39.2.